The van der Waals surface area contributed by atoms with E-state index in [9.17, 15) is 4.79 Å². The highest BCUT2D eigenvalue weighted by molar-refractivity contribution is 6.30. The molecule has 0 unspecified atom stereocenters. The fourth-order valence-electron chi connectivity index (χ4n) is 3.29. The Labute approximate surface area is 168 Å². The molecule has 1 atom stereocenters. The monoisotopic (exact) mass is 397 g/mol. The van der Waals surface area contributed by atoms with E-state index in [1.54, 1.807) is 19.2 Å². The molecular weight excluding hydrogens is 378 g/mol. The van der Waals surface area contributed by atoms with Gasteiger partial charge in [-0.25, -0.2) is 4.98 Å². The molecule has 0 fully saturated rings. The van der Waals surface area contributed by atoms with E-state index in [0.717, 1.165) is 17.1 Å². The third-order valence-electron chi connectivity index (χ3n) is 4.75. The Kier molecular flexibility index (Phi) is 5.32. The summed E-state index contributed by atoms with van der Waals surface area (Å²) in [7, 11) is 1.55. The predicted octanol–water partition coefficient (Wildman–Crippen LogP) is 3.54. The van der Waals surface area contributed by atoms with Gasteiger partial charge in [0, 0.05) is 11.6 Å². The molecule has 1 aliphatic heterocycles. The second kappa shape index (κ2) is 8.04. The first-order chi connectivity index (χ1) is 13.7. The van der Waals surface area contributed by atoms with Gasteiger partial charge in [0.15, 0.2) is 0 Å². The minimum absolute atomic E-state index is 0.147. The zero-order chi connectivity index (χ0) is 19.5. The zero-order valence-corrected chi connectivity index (χ0v) is 16.1. The van der Waals surface area contributed by atoms with Crippen molar-refractivity contribution in [2.45, 2.75) is 19.3 Å². The van der Waals surface area contributed by atoms with Crippen LogP contribution in [0, 0.1) is 0 Å². The van der Waals surface area contributed by atoms with Gasteiger partial charge in [0.05, 0.1) is 37.2 Å². The Morgan fingerprint density at radius 2 is 2.07 bits per heavy atom. The Balaban J connectivity index is 1.45. The summed E-state index contributed by atoms with van der Waals surface area (Å²) in [5.74, 6) is 1.24. The van der Waals surface area contributed by atoms with Crippen molar-refractivity contribution in [2.75, 3.05) is 13.7 Å². The molecule has 1 aliphatic rings. The van der Waals surface area contributed by atoms with Gasteiger partial charge in [-0.3, -0.25) is 4.79 Å². The molecule has 0 saturated carbocycles. The molecule has 3 aromatic rings. The number of halogens is 1. The van der Waals surface area contributed by atoms with Gasteiger partial charge in [-0.2, -0.15) is 0 Å². The molecule has 0 bridgehead atoms. The minimum Gasteiger partial charge on any atom is -0.496 e. The lowest BCUT2D eigenvalue weighted by Crippen LogP contribution is -2.39. The Morgan fingerprint density at radius 3 is 2.86 bits per heavy atom. The lowest BCUT2D eigenvalue weighted by Gasteiger charge is -2.26. The van der Waals surface area contributed by atoms with E-state index in [1.165, 1.54) is 0 Å². The number of nitrogens with zero attached hydrogens (tertiary/aromatic N) is 2. The van der Waals surface area contributed by atoms with Crippen LogP contribution < -0.4 is 10.1 Å². The Morgan fingerprint density at radius 1 is 1.29 bits per heavy atom. The average Bonchev–Trinajstić information content (AvgIpc) is 3.15. The summed E-state index contributed by atoms with van der Waals surface area (Å²) in [6, 6.07) is 14.8. The fourth-order valence-corrected chi connectivity index (χ4v) is 3.42. The number of hydrogen-bond acceptors (Lipinski definition) is 4. The van der Waals surface area contributed by atoms with Crippen molar-refractivity contribution < 1.29 is 14.3 Å². The summed E-state index contributed by atoms with van der Waals surface area (Å²) in [5.41, 5.74) is 2.56. The van der Waals surface area contributed by atoms with Crippen LogP contribution in [0.25, 0.3) is 11.3 Å². The lowest BCUT2D eigenvalue weighted by atomic mass is 10.1. The largest absolute Gasteiger partial charge is 0.496 e. The van der Waals surface area contributed by atoms with Crippen molar-refractivity contribution in [3.8, 4) is 17.0 Å². The molecule has 28 heavy (non-hydrogen) atoms. The lowest BCUT2D eigenvalue weighted by molar-refractivity contribution is 0.00373. The summed E-state index contributed by atoms with van der Waals surface area (Å²) in [6.07, 6.45) is 1.70. The number of aromatic nitrogens is 2. The third kappa shape index (κ3) is 3.74. The van der Waals surface area contributed by atoms with Crippen LogP contribution in [0.5, 0.6) is 5.75 Å². The van der Waals surface area contributed by atoms with Crippen molar-refractivity contribution >= 4 is 17.5 Å². The summed E-state index contributed by atoms with van der Waals surface area (Å²) >= 11 is 5.99. The first-order valence-electron chi connectivity index (χ1n) is 8.99. The topological polar surface area (TPSA) is 65.4 Å². The molecule has 0 aliphatic carbocycles. The fraction of sp³-hybridized carbons (Fsp3) is 0.238. The van der Waals surface area contributed by atoms with E-state index in [0.29, 0.717) is 36.0 Å². The van der Waals surface area contributed by atoms with E-state index in [2.05, 4.69) is 14.9 Å². The normalized spacial score (nSPS) is 15.7. The second-order valence-electron chi connectivity index (χ2n) is 6.52. The van der Waals surface area contributed by atoms with Crippen LogP contribution in [0.3, 0.4) is 0 Å². The first kappa shape index (κ1) is 18.5. The minimum atomic E-state index is -0.185. The summed E-state index contributed by atoms with van der Waals surface area (Å²) in [6.45, 7) is 1.41. The number of benzene rings is 2. The molecule has 0 spiro atoms. The molecule has 144 valence electrons. The molecule has 2 aromatic carbocycles. The molecule has 0 saturated heterocycles. The van der Waals surface area contributed by atoms with Gasteiger partial charge >= 0.3 is 0 Å². The summed E-state index contributed by atoms with van der Waals surface area (Å²) in [5, 5.41) is 3.63. The van der Waals surface area contributed by atoms with Gasteiger partial charge in [0.1, 0.15) is 18.2 Å². The number of methoxy groups -OCH3 is 1. The van der Waals surface area contributed by atoms with Gasteiger partial charge in [0.2, 0.25) is 0 Å². The third-order valence-corrected chi connectivity index (χ3v) is 5.01. The van der Waals surface area contributed by atoms with Crippen molar-refractivity contribution in [3.05, 3.63) is 71.1 Å². The van der Waals surface area contributed by atoms with Crippen LogP contribution in [0.15, 0.2) is 54.7 Å². The number of ether oxygens (including phenoxy) is 2. The van der Waals surface area contributed by atoms with E-state index >= 15 is 0 Å². The van der Waals surface area contributed by atoms with E-state index in [-0.39, 0.29) is 12.0 Å². The Bertz CT molecular complexity index is 985. The molecule has 6 nitrogen and oxygen atoms in total. The number of carbonyl (C=O) groups excluding carboxylic acids is 1. The molecule has 1 aromatic heterocycles. The molecule has 4 rings (SSSR count). The number of fused-ring (bicyclic) bond motifs is 1. The maximum Gasteiger partial charge on any atom is 0.255 e. The van der Waals surface area contributed by atoms with Crippen LogP contribution in [0.2, 0.25) is 5.02 Å². The predicted molar refractivity (Wildman–Crippen MR) is 107 cm³/mol. The quantitative estimate of drug-likeness (QED) is 0.715. The van der Waals surface area contributed by atoms with Gasteiger partial charge in [0.25, 0.3) is 5.91 Å². The van der Waals surface area contributed by atoms with Gasteiger partial charge in [-0.15, -0.1) is 0 Å². The molecule has 1 N–H and O–H groups in total. The van der Waals surface area contributed by atoms with Crippen molar-refractivity contribution in [1.29, 1.82) is 0 Å². The van der Waals surface area contributed by atoms with Crippen molar-refractivity contribution in [2.24, 2.45) is 0 Å². The van der Waals surface area contributed by atoms with Crippen molar-refractivity contribution in [1.82, 2.24) is 14.9 Å². The molecule has 1 amide bonds. The smallest absolute Gasteiger partial charge is 0.255 e. The number of rotatable bonds is 5. The number of amides is 1. The maximum absolute atomic E-state index is 12.5. The van der Waals surface area contributed by atoms with Crippen LogP contribution in [0.1, 0.15) is 16.2 Å². The maximum atomic E-state index is 12.5. The zero-order valence-electron chi connectivity index (χ0n) is 15.4. The highest BCUT2D eigenvalue weighted by Crippen LogP contribution is 2.26. The summed E-state index contributed by atoms with van der Waals surface area (Å²) < 4.78 is 13.3. The average molecular weight is 398 g/mol. The van der Waals surface area contributed by atoms with Gasteiger partial charge in [-0.1, -0.05) is 35.9 Å². The highest BCUT2D eigenvalue weighted by atomic mass is 35.5. The molecule has 0 radical (unpaired) electrons. The number of para-hydroxylation sites is 1. The van der Waals surface area contributed by atoms with Crippen LogP contribution in [-0.4, -0.2) is 35.2 Å². The molecular formula is C21H20ClN3O3. The van der Waals surface area contributed by atoms with E-state index < -0.39 is 0 Å². The first-order valence-corrected chi connectivity index (χ1v) is 9.36. The van der Waals surface area contributed by atoms with Gasteiger partial charge < -0.3 is 19.4 Å². The van der Waals surface area contributed by atoms with Crippen molar-refractivity contribution in [3.63, 3.8) is 0 Å². The van der Waals surface area contributed by atoms with Crippen LogP contribution in [0.4, 0.5) is 0 Å². The number of imidazole rings is 1. The standard InChI is InChI=1S/C21H20ClN3O3/c1-27-19-5-3-2-4-17(19)21(26)24-10-16-12-25-18(11-23-20(25)13-28-16)14-6-8-15(22)9-7-14/h2-9,11,16H,10,12-13H2,1H3,(H,24,26)/t16-/m0/s1. The Hall–Kier alpha value is -2.83. The molecule has 2 heterocycles. The van der Waals surface area contributed by atoms with Crippen LogP contribution >= 0.6 is 11.6 Å². The number of nitrogens with one attached hydrogen (secondary N) is 1. The highest BCUT2D eigenvalue weighted by Gasteiger charge is 2.23. The molecule has 7 heteroatoms. The van der Waals surface area contributed by atoms with Gasteiger partial charge in [-0.05, 0) is 29.8 Å². The van der Waals surface area contributed by atoms with Crippen LogP contribution in [-0.2, 0) is 17.9 Å². The number of carbonyl (C=O) groups is 1. The SMILES string of the molecule is COc1ccccc1C(=O)NC[C@H]1Cn2c(-c3ccc(Cl)cc3)cnc2CO1. The van der Waals surface area contributed by atoms with E-state index in [4.69, 9.17) is 21.1 Å². The number of hydrogen-bond donors (Lipinski definition) is 1. The summed E-state index contributed by atoms with van der Waals surface area (Å²) in [4.78, 5) is 17.0. The second-order valence-corrected chi connectivity index (χ2v) is 6.96. The van der Waals surface area contributed by atoms with E-state index in [1.807, 2.05) is 42.6 Å².